The molecule has 2 aromatic rings. The molecule has 0 aliphatic heterocycles. The zero-order valence-electron chi connectivity index (χ0n) is 11.6. The second kappa shape index (κ2) is 6.63. The van der Waals surface area contributed by atoms with Gasteiger partial charge in [0.25, 0.3) is 0 Å². The number of hydrogen-bond acceptors (Lipinski definition) is 4. The largest absolute Gasteiger partial charge is 0.477 e. The van der Waals surface area contributed by atoms with Gasteiger partial charge in [-0.25, -0.2) is 9.78 Å². The fourth-order valence-corrected chi connectivity index (χ4v) is 2.96. The Balaban J connectivity index is 1.88. The lowest BCUT2D eigenvalue weighted by Gasteiger charge is -2.12. The summed E-state index contributed by atoms with van der Waals surface area (Å²) in [6, 6.07) is 9.67. The van der Waals surface area contributed by atoms with Crippen LogP contribution in [-0.2, 0) is 13.0 Å². The Morgan fingerprint density at radius 1 is 1.40 bits per heavy atom. The highest BCUT2D eigenvalue weighted by Crippen LogP contribution is 2.16. The van der Waals surface area contributed by atoms with Crippen molar-refractivity contribution in [2.24, 2.45) is 0 Å². The van der Waals surface area contributed by atoms with E-state index in [9.17, 15) is 4.79 Å². The molecule has 0 spiro atoms. The average molecular weight is 290 g/mol. The molecule has 0 aliphatic rings. The Hall–Kier alpha value is -1.72. The summed E-state index contributed by atoms with van der Waals surface area (Å²) >= 11 is 1.81. The smallest absolute Gasteiger partial charge is 0.354 e. The maximum atomic E-state index is 10.9. The second-order valence-corrected chi connectivity index (χ2v) is 6.19. The SMILES string of the molecule is Cc1ccc(CC(C)NCc2cccc(C(=O)O)n2)s1. The lowest BCUT2D eigenvalue weighted by molar-refractivity contribution is 0.0690. The van der Waals surface area contributed by atoms with Gasteiger partial charge in [-0.05, 0) is 44.5 Å². The van der Waals surface area contributed by atoms with Gasteiger partial charge in [-0.3, -0.25) is 0 Å². The molecule has 2 N–H and O–H groups in total. The van der Waals surface area contributed by atoms with Crippen LogP contribution in [0.4, 0.5) is 0 Å². The summed E-state index contributed by atoms with van der Waals surface area (Å²) in [5.41, 5.74) is 0.838. The molecule has 1 unspecified atom stereocenters. The number of nitrogens with zero attached hydrogens (tertiary/aromatic N) is 1. The molecular formula is C15H18N2O2S. The number of aryl methyl sites for hydroxylation is 1. The fraction of sp³-hybridized carbons (Fsp3) is 0.333. The highest BCUT2D eigenvalue weighted by molar-refractivity contribution is 7.11. The summed E-state index contributed by atoms with van der Waals surface area (Å²) in [4.78, 5) is 17.6. The molecule has 0 fully saturated rings. The van der Waals surface area contributed by atoms with Crippen molar-refractivity contribution >= 4 is 17.3 Å². The zero-order valence-corrected chi connectivity index (χ0v) is 12.4. The van der Waals surface area contributed by atoms with E-state index in [-0.39, 0.29) is 5.69 Å². The van der Waals surface area contributed by atoms with Gasteiger partial charge in [0.15, 0.2) is 0 Å². The van der Waals surface area contributed by atoms with Crippen LogP contribution in [-0.4, -0.2) is 22.1 Å². The van der Waals surface area contributed by atoms with Gasteiger partial charge in [0.05, 0.1) is 5.69 Å². The van der Waals surface area contributed by atoms with E-state index in [2.05, 4.69) is 36.3 Å². The minimum atomic E-state index is -0.992. The number of aromatic carboxylic acids is 1. The van der Waals surface area contributed by atoms with Gasteiger partial charge in [-0.2, -0.15) is 0 Å². The normalized spacial score (nSPS) is 12.3. The van der Waals surface area contributed by atoms with Crippen molar-refractivity contribution in [3.63, 3.8) is 0 Å². The minimum Gasteiger partial charge on any atom is -0.477 e. The van der Waals surface area contributed by atoms with Crippen LogP contribution in [0.25, 0.3) is 0 Å². The lowest BCUT2D eigenvalue weighted by Crippen LogP contribution is -2.27. The molecule has 2 rings (SSSR count). The van der Waals surface area contributed by atoms with Crippen LogP contribution in [0.15, 0.2) is 30.3 Å². The van der Waals surface area contributed by atoms with E-state index < -0.39 is 5.97 Å². The number of carbonyl (C=O) groups is 1. The molecule has 0 saturated heterocycles. The summed E-state index contributed by atoms with van der Waals surface area (Å²) in [6.07, 6.45) is 0.969. The Kier molecular flexibility index (Phi) is 4.87. The van der Waals surface area contributed by atoms with Gasteiger partial charge in [-0.1, -0.05) is 6.07 Å². The topological polar surface area (TPSA) is 62.2 Å². The molecule has 1 atom stereocenters. The molecule has 0 aliphatic carbocycles. The van der Waals surface area contributed by atoms with E-state index in [0.29, 0.717) is 12.6 Å². The molecule has 0 saturated carbocycles. The summed E-state index contributed by atoms with van der Waals surface area (Å²) in [5.74, 6) is -0.992. The van der Waals surface area contributed by atoms with Crippen LogP contribution in [0, 0.1) is 6.92 Å². The maximum absolute atomic E-state index is 10.9. The van der Waals surface area contributed by atoms with E-state index in [1.165, 1.54) is 15.8 Å². The Labute approximate surface area is 122 Å². The average Bonchev–Trinajstić information content (AvgIpc) is 2.82. The first-order valence-electron chi connectivity index (χ1n) is 6.52. The predicted molar refractivity (Wildman–Crippen MR) is 80.3 cm³/mol. The van der Waals surface area contributed by atoms with E-state index in [4.69, 9.17) is 5.11 Å². The zero-order chi connectivity index (χ0) is 14.5. The second-order valence-electron chi connectivity index (χ2n) is 4.82. The van der Waals surface area contributed by atoms with Crippen LogP contribution in [0.2, 0.25) is 0 Å². The lowest BCUT2D eigenvalue weighted by atomic mass is 10.2. The molecule has 0 radical (unpaired) electrons. The minimum absolute atomic E-state index is 0.0887. The number of rotatable bonds is 6. The van der Waals surface area contributed by atoms with Crippen LogP contribution in [0.1, 0.15) is 32.9 Å². The highest BCUT2D eigenvalue weighted by atomic mass is 32.1. The van der Waals surface area contributed by atoms with Gasteiger partial charge in [0.2, 0.25) is 0 Å². The standard InChI is InChI=1S/C15H18N2O2S/c1-10(8-13-7-6-11(2)20-13)16-9-12-4-3-5-14(17-12)15(18)19/h3-7,10,16H,8-9H2,1-2H3,(H,18,19). The number of pyridine rings is 1. The van der Waals surface area contributed by atoms with Crippen LogP contribution < -0.4 is 5.32 Å². The first kappa shape index (κ1) is 14.7. The van der Waals surface area contributed by atoms with Gasteiger partial charge in [-0.15, -0.1) is 11.3 Å². The highest BCUT2D eigenvalue weighted by Gasteiger charge is 2.08. The molecular weight excluding hydrogens is 272 g/mol. The summed E-state index contributed by atoms with van der Waals surface area (Å²) in [5, 5.41) is 12.3. The van der Waals surface area contributed by atoms with Crippen molar-refractivity contribution in [3.05, 3.63) is 51.5 Å². The van der Waals surface area contributed by atoms with Gasteiger partial charge in [0.1, 0.15) is 5.69 Å². The number of aromatic nitrogens is 1. The molecule has 106 valence electrons. The molecule has 0 bridgehead atoms. The molecule has 2 heterocycles. The third-order valence-electron chi connectivity index (χ3n) is 2.96. The van der Waals surface area contributed by atoms with Crippen LogP contribution in [0.5, 0.6) is 0 Å². The van der Waals surface area contributed by atoms with E-state index in [1.54, 1.807) is 6.07 Å². The third-order valence-corrected chi connectivity index (χ3v) is 3.98. The van der Waals surface area contributed by atoms with Crippen LogP contribution >= 0.6 is 11.3 Å². The molecule has 2 aromatic heterocycles. The Morgan fingerprint density at radius 3 is 2.85 bits per heavy atom. The Morgan fingerprint density at radius 2 is 2.20 bits per heavy atom. The van der Waals surface area contributed by atoms with Crippen LogP contribution in [0.3, 0.4) is 0 Å². The number of hydrogen-bond donors (Lipinski definition) is 2. The first-order valence-corrected chi connectivity index (χ1v) is 7.34. The summed E-state index contributed by atoms with van der Waals surface area (Å²) in [7, 11) is 0. The number of thiophene rings is 1. The molecule has 20 heavy (non-hydrogen) atoms. The van der Waals surface area contributed by atoms with E-state index >= 15 is 0 Å². The van der Waals surface area contributed by atoms with Gasteiger partial charge < -0.3 is 10.4 Å². The first-order chi connectivity index (χ1) is 9.54. The van der Waals surface area contributed by atoms with Crippen molar-refractivity contribution in [1.29, 1.82) is 0 Å². The molecule has 0 aromatic carbocycles. The number of carboxylic acid groups (broad SMARTS) is 1. The van der Waals surface area contributed by atoms with Gasteiger partial charge >= 0.3 is 5.97 Å². The van der Waals surface area contributed by atoms with Crippen molar-refractivity contribution in [2.45, 2.75) is 32.9 Å². The predicted octanol–water partition coefficient (Wildman–Crippen LogP) is 2.87. The van der Waals surface area contributed by atoms with E-state index in [1.807, 2.05) is 17.4 Å². The molecule has 0 amide bonds. The van der Waals surface area contributed by atoms with Crippen molar-refractivity contribution in [3.8, 4) is 0 Å². The van der Waals surface area contributed by atoms with Crippen molar-refractivity contribution < 1.29 is 9.90 Å². The molecule has 5 heteroatoms. The number of nitrogens with one attached hydrogen (secondary N) is 1. The number of carboxylic acids is 1. The fourth-order valence-electron chi connectivity index (χ4n) is 1.94. The van der Waals surface area contributed by atoms with Gasteiger partial charge in [0, 0.05) is 22.3 Å². The monoisotopic (exact) mass is 290 g/mol. The van der Waals surface area contributed by atoms with E-state index in [0.717, 1.165) is 12.1 Å². The quantitative estimate of drug-likeness (QED) is 0.858. The third kappa shape index (κ3) is 4.15. The summed E-state index contributed by atoms with van der Waals surface area (Å²) in [6.45, 7) is 4.80. The van der Waals surface area contributed by atoms with Crippen molar-refractivity contribution in [2.75, 3.05) is 0 Å². The van der Waals surface area contributed by atoms with Crippen molar-refractivity contribution in [1.82, 2.24) is 10.3 Å². The Bertz CT molecular complexity index is 595. The summed E-state index contributed by atoms with van der Waals surface area (Å²) < 4.78 is 0. The molecule has 4 nitrogen and oxygen atoms in total. The maximum Gasteiger partial charge on any atom is 0.354 e.